The highest BCUT2D eigenvalue weighted by molar-refractivity contribution is 7.92. The van der Waals surface area contributed by atoms with Gasteiger partial charge in [-0.1, -0.05) is 11.3 Å². The predicted octanol–water partition coefficient (Wildman–Crippen LogP) is 3.12. The first-order chi connectivity index (χ1) is 13.7. The van der Waals surface area contributed by atoms with Crippen LogP contribution in [0.4, 0.5) is 15.6 Å². The number of rotatable bonds is 6. The molecule has 11 heteroatoms. The molecule has 152 valence electrons. The molecule has 2 aromatic carbocycles. The number of amides is 2. The summed E-state index contributed by atoms with van der Waals surface area (Å²) in [5.41, 5.74) is 6.61. The maximum absolute atomic E-state index is 12.9. The number of ether oxygens (including phenoxy) is 1. The number of urea groups is 1. The molecule has 0 spiro atoms. The fourth-order valence-corrected chi connectivity index (χ4v) is 4.81. The normalized spacial score (nSPS) is 11.1. The summed E-state index contributed by atoms with van der Waals surface area (Å²) in [7, 11) is -2.61. The molecule has 5 N–H and O–H groups in total. The molecule has 3 aromatic rings. The summed E-state index contributed by atoms with van der Waals surface area (Å²) in [5.74, 6) is 0.186. The number of aromatic hydroxyl groups is 1. The number of benzene rings is 2. The molecule has 0 saturated carbocycles. The average molecular weight is 434 g/mol. The van der Waals surface area contributed by atoms with E-state index < -0.39 is 16.1 Å². The van der Waals surface area contributed by atoms with Crippen molar-refractivity contribution in [3.8, 4) is 21.9 Å². The lowest BCUT2D eigenvalue weighted by molar-refractivity contribution is 0.259. The van der Waals surface area contributed by atoms with E-state index in [0.717, 1.165) is 0 Å². The van der Waals surface area contributed by atoms with Crippen LogP contribution >= 0.6 is 11.3 Å². The van der Waals surface area contributed by atoms with Crippen LogP contribution in [0.1, 0.15) is 5.69 Å². The predicted molar refractivity (Wildman–Crippen MR) is 111 cm³/mol. The van der Waals surface area contributed by atoms with Crippen molar-refractivity contribution in [1.29, 1.82) is 0 Å². The van der Waals surface area contributed by atoms with Crippen LogP contribution in [0.2, 0.25) is 0 Å². The Hall–Kier alpha value is -3.31. The monoisotopic (exact) mass is 434 g/mol. The first-order valence-electron chi connectivity index (χ1n) is 8.24. The number of anilines is 2. The number of carbonyl (C=O) groups excluding carboxylic acids is 1. The second kappa shape index (κ2) is 7.97. The largest absolute Gasteiger partial charge is 0.508 e. The van der Waals surface area contributed by atoms with Gasteiger partial charge in [-0.3, -0.25) is 10.0 Å². The first-order valence-corrected chi connectivity index (χ1v) is 10.5. The summed E-state index contributed by atoms with van der Waals surface area (Å²) in [4.78, 5) is 15.9. The topological polar surface area (TPSA) is 144 Å². The highest BCUT2D eigenvalue weighted by Crippen LogP contribution is 2.37. The smallest absolute Gasteiger partial charge is 0.318 e. The van der Waals surface area contributed by atoms with Crippen LogP contribution in [-0.2, 0) is 10.0 Å². The van der Waals surface area contributed by atoms with E-state index in [0.29, 0.717) is 21.3 Å². The Labute approximate surface area is 171 Å². The minimum absolute atomic E-state index is 0.0218. The molecule has 0 aliphatic carbocycles. The summed E-state index contributed by atoms with van der Waals surface area (Å²) >= 11 is 1.17. The van der Waals surface area contributed by atoms with Gasteiger partial charge in [-0.2, -0.15) is 0 Å². The highest BCUT2D eigenvalue weighted by atomic mass is 32.2. The molecule has 0 saturated heterocycles. The van der Waals surface area contributed by atoms with Crippen LogP contribution in [0.25, 0.3) is 10.4 Å². The minimum Gasteiger partial charge on any atom is -0.508 e. The summed E-state index contributed by atoms with van der Waals surface area (Å²) in [6.07, 6.45) is 0. The molecule has 1 heterocycles. The van der Waals surface area contributed by atoms with Crippen molar-refractivity contribution in [3.05, 3.63) is 48.2 Å². The lowest BCUT2D eigenvalue weighted by Gasteiger charge is -2.13. The maximum Gasteiger partial charge on any atom is 0.318 e. The van der Waals surface area contributed by atoms with Crippen molar-refractivity contribution < 1.29 is 23.1 Å². The molecule has 0 aliphatic heterocycles. The molecule has 0 fully saturated rings. The fourth-order valence-electron chi connectivity index (χ4n) is 2.59. The average Bonchev–Trinajstić information content (AvgIpc) is 3.02. The Morgan fingerprint density at radius 1 is 1.21 bits per heavy atom. The summed E-state index contributed by atoms with van der Waals surface area (Å²) in [6.45, 7) is 1.74. The summed E-state index contributed by atoms with van der Waals surface area (Å²) in [6, 6.07) is 9.61. The first kappa shape index (κ1) is 20.4. The summed E-state index contributed by atoms with van der Waals surface area (Å²) < 4.78 is 33.6. The highest BCUT2D eigenvalue weighted by Gasteiger charge is 2.22. The number of thiazole rings is 1. The van der Waals surface area contributed by atoms with Crippen molar-refractivity contribution in [2.24, 2.45) is 5.73 Å². The Morgan fingerprint density at radius 3 is 2.52 bits per heavy atom. The number of aromatic nitrogens is 1. The standard InChI is InChI=1S/C18H18N4O5S2/c1-10-16(28-18(20-10)21-17(19)24)11-3-8-14(27-2)15(9-11)29(25,26)22-12-4-6-13(23)7-5-12/h3-9,22-23H,1-2H3,(H3,19,20,21,24). The number of primary amides is 1. The van der Waals surface area contributed by atoms with Gasteiger partial charge in [0, 0.05) is 5.69 Å². The van der Waals surface area contributed by atoms with Crippen LogP contribution in [0, 0.1) is 6.92 Å². The lowest BCUT2D eigenvalue weighted by Crippen LogP contribution is -2.18. The van der Waals surface area contributed by atoms with Crippen molar-refractivity contribution in [2.45, 2.75) is 11.8 Å². The quantitative estimate of drug-likeness (QED) is 0.439. The van der Waals surface area contributed by atoms with Crippen LogP contribution < -0.4 is 20.5 Å². The molecule has 3 rings (SSSR count). The molecule has 2 amide bonds. The van der Waals surface area contributed by atoms with Gasteiger partial charge in [0.25, 0.3) is 10.0 Å². The van der Waals surface area contributed by atoms with Crippen LogP contribution in [0.5, 0.6) is 11.5 Å². The van der Waals surface area contributed by atoms with E-state index in [2.05, 4.69) is 15.0 Å². The number of carbonyl (C=O) groups is 1. The number of hydrogen-bond acceptors (Lipinski definition) is 7. The number of phenolic OH excluding ortho intramolecular Hbond substituents is 1. The van der Waals surface area contributed by atoms with Gasteiger partial charge in [0.1, 0.15) is 16.4 Å². The van der Waals surface area contributed by atoms with Crippen molar-refractivity contribution in [3.63, 3.8) is 0 Å². The molecule has 29 heavy (non-hydrogen) atoms. The third kappa shape index (κ3) is 4.58. The SMILES string of the molecule is COc1ccc(-c2sc(NC(N)=O)nc2C)cc1S(=O)(=O)Nc1ccc(O)cc1. The van der Waals surface area contributed by atoms with Crippen molar-refractivity contribution in [2.75, 3.05) is 17.1 Å². The van der Waals surface area contributed by atoms with E-state index in [1.54, 1.807) is 19.1 Å². The molecular formula is C18H18N4O5S2. The number of nitrogens with two attached hydrogens (primary N) is 1. The molecule has 0 atom stereocenters. The number of aryl methyl sites for hydroxylation is 1. The second-order valence-electron chi connectivity index (χ2n) is 5.94. The van der Waals surface area contributed by atoms with Crippen LogP contribution in [-0.4, -0.2) is 31.6 Å². The zero-order valence-electron chi connectivity index (χ0n) is 15.5. The van der Waals surface area contributed by atoms with Crippen molar-refractivity contribution >= 4 is 38.2 Å². The molecule has 1 aromatic heterocycles. The Kier molecular flexibility index (Phi) is 5.62. The van der Waals surface area contributed by atoms with Gasteiger partial charge in [0.2, 0.25) is 0 Å². The van der Waals surface area contributed by atoms with Gasteiger partial charge in [-0.15, -0.1) is 0 Å². The van der Waals surface area contributed by atoms with Crippen LogP contribution in [0.3, 0.4) is 0 Å². The molecule has 0 unspecified atom stereocenters. The number of methoxy groups -OCH3 is 1. The molecule has 0 aliphatic rings. The number of sulfonamides is 1. The maximum atomic E-state index is 12.9. The zero-order chi connectivity index (χ0) is 21.2. The second-order valence-corrected chi connectivity index (χ2v) is 8.59. The van der Waals surface area contributed by atoms with E-state index in [-0.39, 0.29) is 22.1 Å². The van der Waals surface area contributed by atoms with Crippen molar-refractivity contribution in [1.82, 2.24) is 4.98 Å². The number of nitrogens with zero attached hydrogens (tertiary/aromatic N) is 1. The number of hydrogen-bond donors (Lipinski definition) is 4. The number of nitrogens with one attached hydrogen (secondary N) is 2. The van der Waals surface area contributed by atoms with Gasteiger partial charge in [0.05, 0.1) is 17.7 Å². The van der Waals surface area contributed by atoms with E-state index in [1.807, 2.05) is 0 Å². The lowest BCUT2D eigenvalue weighted by atomic mass is 10.1. The van der Waals surface area contributed by atoms with Gasteiger partial charge < -0.3 is 15.6 Å². The van der Waals surface area contributed by atoms with Gasteiger partial charge >= 0.3 is 6.03 Å². The van der Waals surface area contributed by atoms with E-state index in [1.165, 1.54) is 48.8 Å². The molecular weight excluding hydrogens is 416 g/mol. The van der Waals surface area contributed by atoms with E-state index in [4.69, 9.17) is 10.5 Å². The summed E-state index contributed by atoms with van der Waals surface area (Å²) in [5, 5.41) is 12.1. The van der Waals surface area contributed by atoms with Gasteiger partial charge in [-0.05, 0) is 55.0 Å². The van der Waals surface area contributed by atoms with Gasteiger partial charge in [-0.25, -0.2) is 18.2 Å². The van der Waals surface area contributed by atoms with Gasteiger partial charge in [0.15, 0.2) is 5.13 Å². The van der Waals surface area contributed by atoms with E-state index >= 15 is 0 Å². The number of phenols is 1. The third-order valence-electron chi connectivity index (χ3n) is 3.86. The Balaban J connectivity index is 2.02. The van der Waals surface area contributed by atoms with E-state index in [9.17, 15) is 18.3 Å². The Bertz CT molecular complexity index is 1160. The Morgan fingerprint density at radius 2 is 1.90 bits per heavy atom. The minimum atomic E-state index is -3.99. The van der Waals surface area contributed by atoms with Crippen LogP contribution in [0.15, 0.2) is 47.4 Å². The molecule has 9 nitrogen and oxygen atoms in total. The fraction of sp³-hybridized carbons (Fsp3) is 0.111. The molecule has 0 bridgehead atoms. The third-order valence-corrected chi connectivity index (χ3v) is 6.39. The molecule has 0 radical (unpaired) electrons. The zero-order valence-corrected chi connectivity index (χ0v) is 17.1.